The molecule has 0 unspecified atom stereocenters. The van der Waals surface area contributed by atoms with Crippen molar-refractivity contribution in [2.75, 3.05) is 6.54 Å². The summed E-state index contributed by atoms with van der Waals surface area (Å²) >= 11 is 1.51. The number of aromatic nitrogens is 2. The smallest absolute Gasteiger partial charge is 0.0653 e. The van der Waals surface area contributed by atoms with Crippen molar-refractivity contribution in [2.24, 2.45) is 11.1 Å². The Bertz CT molecular complexity index is 252. The molecule has 0 atom stereocenters. The monoisotopic (exact) mass is 197 g/mol. The molecule has 1 fully saturated rings. The lowest BCUT2D eigenvalue weighted by Crippen LogP contribution is -2.29. The Hall–Kier alpha value is -0.480. The molecule has 0 aliphatic heterocycles. The molecule has 72 valence electrons. The molecule has 2 N–H and O–H groups in total. The molecule has 1 aromatic rings. The van der Waals surface area contributed by atoms with Crippen molar-refractivity contribution < 1.29 is 0 Å². The van der Waals surface area contributed by atoms with Gasteiger partial charge in [0.1, 0.15) is 0 Å². The summed E-state index contributed by atoms with van der Waals surface area (Å²) in [5.74, 6) is 0. The molecule has 0 amide bonds. The highest BCUT2D eigenvalue weighted by Gasteiger charge is 2.32. The first-order valence-electron chi connectivity index (χ1n) is 4.81. The van der Waals surface area contributed by atoms with E-state index in [1.807, 2.05) is 6.20 Å². The van der Waals surface area contributed by atoms with E-state index in [2.05, 4.69) is 9.59 Å². The maximum Gasteiger partial charge on any atom is 0.0653 e. The summed E-state index contributed by atoms with van der Waals surface area (Å²) < 4.78 is 3.88. The lowest BCUT2D eigenvalue weighted by molar-refractivity contribution is 0.309. The number of hydrogen-bond donors (Lipinski definition) is 1. The van der Waals surface area contributed by atoms with Gasteiger partial charge in [0.25, 0.3) is 0 Å². The van der Waals surface area contributed by atoms with Gasteiger partial charge in [0, 0.05) is 4.88 Å². The van der Waals surface area contributed by atoms with Crippen LogP contribution < -0.4 is 5.73 Å². The SMILES string of the molecule is NCC1(Cc2cnns2)CCCC1. The molecule has 1 aliphatic rings. The van der Waals surface area contributed by atoms with Gasteiger partial charge in [-0.25, -0.2) is 0 Å². The molecule has 0 aromatic carbocycles. The number of hydrogen-bond acceptors (Lipinski definition) is 4. The molecule has 0 spiro atoms. The Morgan fingerprint density at radius 1 is 1.46 bits per heavy atom. The van der Waals surface area contributed by atoms with Crippen LogP contribution in [0.2, 0.25) is 0 Å². The summed E-state index contributed by atoms with van der Waals surface area (Å²) in [6.07, 6.45) is 8.19. The molecular formula is C9H15N3S. The lowest BCUT2D eigenvalue weighted by atomic mass is 9.82. The summed E-state index contributed by atoms with van der Waals surface area (Å²) in [6, 6.07) is 0. The second-order valence-corrected chi connectivity index (χ2v) is 4.84. The quantitative estimate of drug-likeness (QED) is 0.800. The molecule has 4 heteroatoms. The van der Waals surface area contributed by atoms with E-state index in [4.69, 9.17) is 5.73 Å². The highest BCUT2D eigenvalue weighted by atomic mass is 32.1. The first-order chi connectivity index (χ1) is 6.35. The summed E-state index contributed by atoms with van der Waals surface area (Å²) in [6.45, 7) is 0.810. The Morgan fingerprint density at radius 2 is 2.23 bits per heavy atom. The Labute approximate surface area is 82.5 Å². The van der Waals surface area contributed by atoms with Crippen molar-refractivity contribution in [3.63, 3.8) is 0 Å². The average molecular weight is 197 g/mol. The van der Waals surface area contributed by atoms with Gasteiger partial charge in [-0.3, -0.25) is 0 Å². The van der Waals surface area contributed by atoms with E-state index in [-0.39, 0.29) is 0 Å². The van der Waals surface area contributed by atoms with Gasteiger partial charge in [-0.05, 0) is 42.8 Å². The minimum Gasteiger partial charge on any atom is -0.330 e. The van der Waals surface area contributed by atoms with E-state index in [1.165, 1.54) is 42.1 Å². The van der Waals surface area contributed by atoms with E-state index in [1.54, 1.807) is 0 Å². The van der Waals surface area contributed by atoms with Gasteiger partial charge in [0.2, 0.25) is 0 Å². The zero-order valence-corrected chi connectivity index (χ0v) is 8.52. The predicted molar refractivity (Wildman–Crippen MR) is 53.6 cm³/mol. The third-order valence-corrected chi connectivity index (χ3v) is 3.71. The first-order valence-corrected chi connectivity index (χ1v) is 5.58. The van der Waals surface area contributed by atoms with Gasteiger partial charge in [-0.2, -0.15) is 0 Å². The van der Waals surface area contributed by atoms with Crippen LogP contribution in [-0.2, 0) is 6.42 Å². The van der Waals surface area contributed by atoms with Gasteiger partial charge in [0.05, 0.1) is 6.20 Å². The summed E-state index contributed by atoms with van der Waals surface area (Å²) in [4.78, 5) is 1.28. The number of nitrogens with zero attached hydrogens (tertiary/aromatic N) is 2. The van der Waals surface area contributed by atoms with Crippen molar-refractivity contribution in [3.05, 3.63) is 11.1 Å². The molecular weight excluding hydrogens is 182 g/mol. The predicted octanol–water partition coefficient (Wildman–Crippen LogP) is 1.60. The third-order valence-electron chi connectivity index (χ3n) is 3.05. The number of nitrogens with two attached hydrogens (primary N) is 1. The molecule has 3 nitrogen and oxygen atoms in total. The molecule has 13 heavy (non-hydrogen) atoms. The topological polar surface area (TPSA) is 51.8 Å². The van der Waals surface area contributed by atoms with Gasteiger partial charge < -0.3 is 5.73 Å². The van der Waals surface area contributed by atoms with E-state index < -0.39 is 0 Å². The van der Waals surface area contributed by atoms with Crippen LogP contribution in [0.5, 0.6) is 0 Å². The third kappa shape index (κ3) is 1.89. The summed E-state index contributed by atoms with van der Waals surface area (Å²) in [7, 11) is 0. The molecule has 2 rings (SSSR count). The largest absolute Gasteiger partial charge is 0.330 e. The van der Waals surface area contributed by atoms with Crippen LogP contribution in [0.4, 0.5) is 0 Å². The fraction of sp³-hybridized carbons (Fsp3) is 0.778. The normalized spacial score (nSPS) is 20.7. The second kappa shape index (κ2) is 3.72. The van der Waals surface area contributed by atoms with Crippen molar-refractivity contribution in [1.29, 1.82) is 0 Å². The van der Waals surface area contributed by atoms with Crippen LogP contribution in [0, 0.1) is 5.41 Å². The van der Waals surface area contributed by atoms with Crippen LogP contribution in [0.1, 0.15) is 30.6 Å². The van der Waals surface area contributed by atoms with Crippen molar-refractivity contribution in [3.8, 4) is 0 Å². The Kier molecular flexibility index (Phi) is 2.60. The summed E-state index contributed by atoms with van der Waals surface area (Å²) in [5, 5.41) is 3.86. The molecule has 0 bridgehead atoms. The van der Waals surface area contributed by atoms with E-state index in [0.717, 1.165) is 13.0 Å². The maximum absolute atomic E-state index is 5.85. The summed E-state index contributed by atoms with van der Waals surface area (Å²) in [5.41, 5.74) is 6.22. The second-order valence-electron chi connectivity index (χ2n) is 3.97. The molecule has 1 aromatic heterocycles. The van der Waals surface area contributed by atoms with Crippen molar-refractivity contribution >= 4 is 11.5 Å². The molecule has 0 radical (unpaired) electrons. The maximum atomic E-state index is 5.85. The minimum absolute atomic E-state index is 0.369. The average Bonchev–Trinajstić information content (AvgIpc) is 2.77. The Balaban J connectivity index is 2.06. The van der Waals surface area contributed by atoms with Crippen LogP contribution in [0.25, 0.3) is 0 Å². The van der Waals surface area contributed by atoms with E-state index in [0.29, 0.717) is 5.41 Å². The van der Waals surface area contributed by atoms with Crippen LogP contribution >= 0.6 is 11.5 Å². The fourth-order valence-corrected chi connectivity index (χ4v) is 2.88. The molecule has 1 saturated carbocycles. The molecule has 1 heterocycles. The zero-order chi connectivity index (χ0) is 9.15. The fourth-order valence-electron chi connectivity index (χ4n) is 2.21. The van der Waals surface area contributed by atoms with Gasteiger partial charge in [-0.1, -0.05) is 17.3 Å². The molecule has 0 saturated heterocycles. The van der Waals surface area contributed by atoms with Crippen LogP contribution in [-0.4, -0.2) is 16.1 Å². The van der Waals surface area contributed by atoms with Gasteiger partial charge >= 0.3 is 0 Å². The van der Waals surface area contributed by atoms with Gasteiger partial charge in [0.15, 0.2) is 0 Å². The highest BCUT2D eigenvalue weighted by Crippen LogP contribution is 2.40. The zero-order valence-electron chi connectivity index (χ0n) is 7.70. The van der Waals surface area contributed by atoms with Crippen molar-refractivity contribution in [1.82, 2.24) is 9.59 Å². The minimum atomic E-state index is 0.369. The number of rotatable bonds is 3. The van der Waals surface area contributed by atoms with Crippen LogP contribution in [0.3, 0.4) is 0 Å². The van der Waals surface area contributed by atoms with Crippen LogP contribution in [0.15, 0.2) is 6.20 Å². The highest BCUT2D eigenvalue weighted by molar-refractivity contribution is 7.05. The van der Waals surface area contributed by atoms with Gasteiger partial charge in [-0.15, -0.1) is 5.10 Å². The van der Waals surface area contributed by atoms with E-state index >= 15 is 0 Å². The Morgan fingerprint density at radius 3 is 2.77 bits per heavy atom. The van der Waals surface area contributed by atoms with E-state index in [9.17, 15) is 0 Å². The first kappa shape index (κ1) is 9.09. The standard InChI is InChI=1S/C9H15N3S/c10-7-9(3-1-2-4-9)5-8-6-11-12-13-8/h6H,1-5,7,10H2. The van der Waals surface area contributed by atoms with Crippen molar-refractivity contribution in [2.45, 2.75) is 32.1 Å². The lowest BCUT2D eigenvalue weighted by Gasteiger charge is -2.25. The molecule has 1 aliphatic carbocycles.